The van der Waals surface area contributed by atoms with Gasteiger partial charge in [0.1, 0.15) is 0 Å². The van der Waals surface area contributed by atoms with Crippen LogP contribution in [0.15, 0.2) is 72.0 Å². The average Bonchev–Trinajstić information content (AvgIpc) is 2.59. The average molecular weight is 307 g/mol. The van der Waals surface area contributed by atoms with Gasteiger partial charge in [-0.3, -0.25) is 4.90 Å². The molecule has 0 bridgehead atoms. The molecule has 2 heteroatoms. The van der Waals surface area contributed by atoms with Crippen molar-refractivity contribution >= 4 is 0 Å². The number of benzene rings is 2. The molecule has 0 fully saturated rings. The van der Waals surface area contributed by atoms with Crippen molar-refractivity contribution < 1.29 is 5.11 Å². The predicted molar refractivity (Wildman–Crippen MR) is 95.1 cm³/mol. The minimum atomic E-state index is 0.492. The third kappa shape index (κ3) is 4.23. The van der Waals surface area contributed by atoms with Gasteiger partial charge in [-0.2, -0.15) is 0 Å². The van der Waals surface area contributed by atoms with Crippen LogP contribution in [0.2, 0.25) is 0 Å². The Morgan fingerprint density at radius 3 is 1.91 bits per heavy atom. The van der Waals surface area contributed by atoms with Crippen LogP contribution in [0.4, 0.5) is 0 Å². The topological polar surface area (TPSA) is 23.5 Å². The van der Waals surface area contributed by atoms with Crippen LogP contribution in [0, 0.1) is 0 Å². The summed E-state index contributed by atoms with van der Waals surface area (Å²) in [6, 6.07) is 21.8. The van der Waals surface area contributed by atoms with Gasteiger partial charge in [0.15, 0.2) is 0 Å². The number of hydrogen-bond acceptors (Lipinski definition) is 2. The fourth-order valence-corrected chi connectivity index (χ4v) is 3.35. The van der Waals surface area contributed by atoms with Crippen molar-refractivity contribution in [1.82, 2.24) is 4.90 Å². The van der Waals surface area contributed by atoms with E-state index in [1.807, 2.05) is 0 Å². The van der Waals surface area contributed by atoms with Crippen molar-refractivity contribution in [2.75, 3.05) is 0 Å². The quantitative estimate of drug-likeness (QED) is 0.833. The van der Waals surface area contributed by atoms with Crippen LogP contribution < -0.4 is 0 Å². The van der Waals surface area contributed by atoms with Gasteiger partial charge in [0, 0.05) is 25.6 Å². The molecule has 2 aromatic carbocycles. The van der Waals surface area contributed by atoms with Crippen LogP contribution >= 0.6 is 0 Å². The normalized spacial score (nSPS) is 18.4. The Kier molecular flexibility index (Phi) is 5.14. The zero-order valence-electron chi connectivity index (χ0n) is 13.8. The van der Waals surface area contributed by atoms with E-state index < -0.39 is 0 Å². The second kappa shape index (κ2) is 7.47. The molecular formula is C21H25NO. The second-order valence-corrected chi connectivity index (χ2v) is 6.50. The predicted octanol–water partition coefficient (Wildman–Crippen LogP) is 5.07. The van der Waals surface area contributed by atoms with E-state index in [0.717, 1.165) is 37.9 Å². The third-order valence-electron chi connectivity index (χ3n) is 4.72. The molecule has 1 aliphatic carbocycles. The maximum atomic E-state index is 9.92. The third-order valence-corrected chi connectivity index (χ3v) is 4.72. The lowest BCUT2D eigenvalue weighted by Crippen LogP contribution is -2.36. The van der Waals surface area contributed by atoms with Gasteiger partial charge in [0.25, 0.3) is 0 Å². The number of aliphatic hydroxyl groups is 1. The van der Waals surface area contributed by atoms with Gasteiger partial charge >= 0.3 is 0 Å². The van der Waals surface area contributed by atoms with E-state index in [4.69, 9.17) is 0 Å². The number of nitrogens with zero attached hydrogens (tertiary/aromatic N) is 1. The molecule has 1 N–H and O–H groups in total. The van der Waals surface area contributed by atoms with Gasteiger partial charge in [0.05, 0.1) is 5.76 Å². The number of aliphatic hydroxyl groups excluding tert-OH is 1. The summed E-state index contributed by atoms with van der Waals surface area (Å²) in [6.07, 6.45) is 2.80. The molecule has 0 saturated carbocycles. The van der Waals surface area contributed by atoms with E-state index in [1.165, 1.54) is 11.1 Å². The molecule has 2 aromatic rings. The first-order valence-corrected chi connectivity index (χ1v) is 8.42. The maximum absolute atomic E-state index is 9.92. The first kappa shape index (κ1) is 15.8. The summed E-state index contributed by atoms with van der Waals surface area (Å²) in [5, 5.41) is 9.92. The van der Waals surface area contributed by atoms with Crippen molar-refractivity contribution in [3.05, 3.63) is 83.1 Å². The lowest BCUT2D eigenvalue weighted by atomic mass is 9.92. The van der Waals surface area contributed by atoms with Gasteiger partial charge in [-0.05, 0) is 36.5 Å². The van der Waals surface area contributed by atoms with Crippen LogP contribution in [0.25, 0.3) is 0 Å². The Balaban J connectivity index is 1.78. The van der Waals surface area contributed by atoms with Crippen LogP contribution in [0.1, 0.15) is 37.3 Å². The number of rotatable bonds is 5. The van der Waals surface area contributed by atoms with E-state index in [0.29, 0.717) is 11.8 Å². The minimum absolute atomic E-state index is 0.492. The molecule has 0 heterocycles. The summed E-state index contributed by atoms with van der Waals surface area (Å²) in [7, 11) is 0. The minimum Gasteiger partial charge on any atom is -0.512 e. The summed E-state index contributed by atoms with van der Waals surface area (Å²) in [4.78, 5) is 2.56. The molecule has 0 spiro atoms. The first-order chi connectivity index (χ1) is 11.2. The molecule has 0 saturated heterocycles. The molecule has 0 aromatic heterocycles. The molecule has 23 heavy (non-hydrogen) atoms. The summed E-state index contributed by atoms with van der Waals surface area (Å²) < 4.78 is 0. The standard InChI is InChI=1S/C21H25NO/c1-17-14-20(12-13-21(17)23)22(15-18-8-4-2-5-9-18)16-19-10-6-3-7-11-19/h2-11,20,23H,12-16H2,1H3. The highest BCUT2D eigenvalue weighted by atomic mass is 16.3. The molecule has 3 rings (SSSR count). The van der Waals surface area contributed by atoms with Crippen LogP contribution in [0.3, 0.4) is 0 Å². The summed E-state index contributed by atoms with van der Waals surface area (Å²) >= 11 is 0. The van der Waals surface area contributed by atoms with Gasteiger partial charge < -0.3 is 5.11 Å². The molecule has 120 valence electrons. The molecule has 0 amide bonds. The Hall–Kier alpha value is -2.06. The SMILES string of the molecule is CC1=C(O)CCC(N(Cc2ccccc2)Cc2ccccc2)C1. The highest BCUT2D eigenvalue weighted by molar-refractivity contribution is 5.18. The van der Waals surface area contributed by atoms with E-state index >= 15 is 0 Å². The Morgan fingerprint density at radius 2 is 1.43 bits per heavy atom. The van der Waals surface area contributed by atoms with Crippen LogP contribution in [-0.4, -0.2) is 16.0 Å². The molecule has 1 atom stereocenters. The second-order valence-electron chi connectivity index (χ2n) is 6.50. The Bertz CT molecular complexity index is 607. The van der Waals surface area contributed by atoms with Crippen molar-refractivity contribution in [3.8, 4) is 0 Å². The van der Waals surface area contributed by atoms with E-state index in [2.05, 4.69) is 72.5 Å². The maximum Gasteiger partial charge on any atom is 0.0912 e. The zero-order chi connectivity index (χ0) is 16.1. The lowest BCUT2D eigenvalue weighted by Gasteiger charge is -2.35. The molecule has 2 nitrogen and oxygen atoms in total. The van der Waals surface area contributed by atoms with Gasteiger partial charge in [-0.15, -0.1) is 0 Å². The highest BCUT2D eigenvalue weighted by Crippen LogP contribution is 2.28. The largest absolute Gasteiger partial charge is 0.512 e. The van der Waals surface area contributed by atoms with E-state index in [9.17, 15) is 5.11 Å². The van der Waals surface area contributed by atoms with Gasteiger partial charge in [-0.25, -0.2) is 0 Å². The zero-order valence-corrected chi connectivity index (χ0v) is 13.8. The monoisotopic (exact) mass is 307 g/mol. The first-order valence-electron chi connectivity index (χ1n) is 8.42. The molecule has 0 aliphatic heterocycles. The Morgan fingerprint density at radius 1 is 0.913 bits per heavy atom. The number of hydrogen-bond donors (Lipinski definition) is 1. The lowest BCUT2D eigenvalue weighted by molar-refractivity contribution is 0.153. The fourth-order valence-electron chi connectivity index (χ4n) is 3.35. The van der Waals surface area contributed by atoms with Crippen molar-refractivity contribution in [2.24, 2.45) is 0 Å². The molecule has 0 radical (unpaired) electrons. The number of allylic oxidation sites excluding steroid dienone is 1. The van der Waals surface area contributed by atoms with Gasteiger partial charge in [0.2, 0.25) is 0 Å². The van der Waals surface area contributed by atoms with E-state index in [-0.39, 0.29) is 0 Å². The summed E-state index contributed by atoms with van der Waals surface area (Å²) in [6.45, 7) is 3.97. The van der Waals surface area contributed by atoms with Crippen molar-refractivity contribution in [3.63, 3.8) is 0 Å². The van der Waals surface area contributed by atoms with E-state index in [1.54, 1.807) is 0 Å². The fraction of sp³-hybridized carbons (Fsp3) is 0.333. The molecular weight excluding hydrogens is 282 g/mol. The van der Waals surface area contributed by atoms with Crippen molar-refractivity contribution in [2.45, 2.75) is 45.3 Å². The van der Waals surface area contributed by atoms with Crippen LogP contribution in [-0.2, 0) is 13.1 Å². The summed E-state index contributed by atoms with van der Waals surface area (Å²) in [5.41, 5.74) is 3.84. The summed E-state index contributed by atoms with van der Waals surface area (Å²) in [5.74, 6) is 0.598. The molecule has 1 unspecified atom stereocenters. The molecule has 1 aliphatic rings. The van der Waals surface area contributed by atoms with Crippen molar-refractivity contribution in [1.29, 1.82) is 0 Å². The van der Waals surface area contributed by atoms with Gasteiger partial charge in [-0.1, -0.05) is 60.7 Å². The smallest absolute Gasteiger partial charge is 0.0912 e. The Labute approximate surface area is 139 Å². The van der Waals surface area contributed by atoms with Crippen LogP contribution in [0.5, 0.6) is 0 Å². The highest BCUT2D eigenvalue weighted by Gasteiger charge is 2.24.